The van der Waals surface area contributed by atoms with E-state index in [9.17, 15) is 5.11 Å². The summed E-state index contributed by atoms with van der Waals surface area (Å²) >= 11 is 0. The highest BCUT2D eigenvalue weighted by Crippen LogP contribution is 2.70. The van der Waals surface area contributed by atoms with Gasteiger partial charge in [0.15, 0.2) is 0 Å². The molecule has 5 aliphatic heterocycles. The van der Waals surface area contributed by atoms with E-state index in [0.717, 1.165) is 44.5 Å². The molecule has 0 amide bonds. The van der Waals surface area contributed by atoms with Crippen LogP contribution < -0.4 is 10.1 Å². The number of rotatable bonds is 4. The molecule has 3 saturated heterocycles. The van der Waals surface area contributed by atoms with Crippen molar-refractivity contribution >= 4 is 0 Å². The number of hydrogen-bond acceptors (Lipinski definition) is 6. The fourth-order valence-corrected chi connectivity index (χ4v) is 8.97. The minimum Gasteiger partial charge on any atom is -0.487 e. The Kier molecular flexibility index (Phi) is 3.62. The highest BCUT2D eigenvalue weighted by molar-refractivity contribution is 5.58. The van der Waals surface area contributed by atoms with Gasteiger partial charge in [0.05, 0.1) is 24.9 Å². The van der Waals surface area contributed by atoms with Crippen LogP contribution in [0.15, 0.2) is 30.6 Å². The van der Waals surface area contributed by atoms with Crippen LogP contribution in [-0.4, -0.2) is 77.1 Å². The number of aliphatic hydroxyl groups excluding tert-OH is 1. The fraction of sp³-hybridized carbons (Fsp3) is 0.692. The molecule has 1 aromatic carbocycles. The zero-order chi connectivity index (χ0) is 21.1. The molecule has 0 radical (unpaired) electrons. The summed E-state index contributed by atoms with van der Waals surface area (Å²) in [7, 11) is 0. The van der Waals surface area contributed by atoms with Crippen LogP contribution >= 0.6 is 0 Å². The highest BCUT2D eigenvalue weighted by atomic mass is 16.5. The summed E-state index contributed by atoms with van der Waals surface area (Å²) in [6, 6.07) is 7.59. The Bertz CT molecular complexity index is 994. The smallest absolute Gasteiger partial charge is 0.127 e. The van der Waals surface area contributed by atoms with E-state index >= 15 is 0 Å². The summed E-state index contributed by atoms with van der Waals surface area (Å²) in [6.45, 7) is 4.93. The van der Waals surface area contributed by atoms with Crippen molar-refractivity contribution < 1.29 is 9.84 Å². The Morgan fingerprint density at radius 1 is 1.16 bits per heavy atom. The molecule has 1 aromatic rings. The Morgan fingerprint density at radius 2 is 2.09 bits per heavy atom. The summed E-state index contributed by atoms with van der Waals surface area (Å²) < 4.78 is 6.91. The van der Waals surface area contributed by atoms with Crippen LogP contribution in [0.5, 0.6) is 5.75 Å². The van der Waals surface area contributed by atoms with Gasteiger partial charge in [-0.1, -0.05) is 12.1 Å². The number of nitrogens with one attached hydrogen (secondary N) is 1. The van der Waals surface area contributed by atoms with E-state index in [1.54, 1.807) is 0 Å². The van der Waals surface area contributed by atoms with Gasteiger partial charge in [0, 0.05) is 55.1 Å². The summed E-state index contributed by atoms with van der Waals surface area (Å²) in [6.07, 6.45) is 11.4. The lowest BCUT2D eigenvalue weighted by Crippen LogP contribution is -2.77. The first-order valence-corrected chi connectivity index (χ1v) is 12.8. The standard InChI is InChI=1S/C26H34N4O2/c31-22-14-30(13-17-4-5-17)21-12-18-2-1-3-20-23(18)26(22)24(32-20)19-6-7-25(21,26)8-10-29(19)16-28-11-9-27-15-28/h1-3,9,11,17,19,21-22,24,27,31H,4-8,10,12-16H2/t19-,21+,22?,24+,25-,26+/m1/s1. The molecule has 5 heterocycles. The van der Waals surface area contributed by atoms with Crippen molar-refractivity contribution in [1.29, 1.82) is 0 Å². The molecule has 9 rings (SSSR count). The summed E-state index contributed by atoms with van der Waals surface area (Å²) in [5, 5.41) is 15.4. The van der Waals surface area contributed by atoms with Gasteiger partial charge in [-0.2, -0.15) is 0 Å². The second-order valence-electron chi connectivity index (χ2n) is 11.6. The third-order valence-electron chi connectivity index (χ3n) is 10.3. The van der Waals surface area contributed by atoms with Gasteiger partial charge in [-0.3, -0.25) is 9.80 Å². The maximum absolute atomic E-state index is 12.1. The van der Waals surface area contributed by atoms with E-state index in [4.69, 9.17) is 4.74 Å². The van der Waals surface area contributed by atoms with E-state index < -0.39 is 0 Å². The largest absolute Gasteiger partial charge is 0.487 e. The number of likely N-dealkylation sites (tertiary alicyclic amines) is 1. The number of hydrogen-bond donors (Lipinski definition) is 2. The molecule has 8 aliphatic rings. The van der Waals surface area contributed by atoms with E-state index in [1.165, 1.54) is 49.8 Å². The Hall–Kier alpha value is -1.76. The molecule has 4 bridgehead atoms. The number of β-amino-alcohol motifs (C(OH)–C–C–N with tert-alkyl or cyclic N) is 1. The van der Waals surface area contributed by atoms with E-state index in [-0.39, 0.29) is 23.0 Å². The molecule has 2 N–H and O–H groups in total. The molecule has 1 unspecified atom stereocenters. The van der Waals surface area contributed by atoms with Crippen molar-refractivity contribution in [3.05, 3.63) is 41.7 Å². The SMILES string of the molecule is OC1CN(CC2CC2)[C@H]2Cc3cccc4c3[C@]13[C@@H](O4)[C@H]1CC[C@@]23CCN1CN1C=CNC1. The van der Waals surface area contributed by atoms with Crippen LogP contribution in [0.4, 0.5) is 0 Å². The number of fused-ring (bicyclic) bond motifs is 3. The Morgan fingerprint density at radius 3 is 2.94 bits per heavy atom. The topological polar surface area (TPSA) is 51.2 Å². The number of benzene rings is 1. The van der Waals surface area contributed by atoms with Crippen molar-refractivity contribution in [2.24, 2.45) is 11.3 Å². The van der Waals surface area contributed by atoms with Crippen LogP contribution in [0, 0.1) is 11.3 Å². The van der Waals surface area contributed by atoms with E-state index in [0.29, 0.717) is 12.1 Å². The molecule has 32 heavy (non-hydrogen) atoms. The number of nitrogens with zero attached hydrogens (tertiary/aromatic N) is 3. The highest BCUT2D eigenvalue weighted by Gasteiger charge is 2.76. The molecule has 2 saturated carbocycles. The minimum atomic E-state index is -0.346. The van der Waals surface area contributed by atoms with Gasteiger partial charge in [-0.25, -0.2) is 0 Å². The third-order valence-corrected chi connectivity index (χ3v) is 10.3. The first kappa shape index (κ1) is 18.6. The normalized spacial score (nSPS) is 43.7. The van der Waals surface area contributed by atoms with Gasteiger partial charge in [0.2, 0.25) is 0 Å². The van der Waals surface area contributed by atoms with Gasteiger partial charge >= 0.3 is 0 Å². The Labute approximate surface area is 190 Å². The predicted octanol–water partition coefficient (Wildman–Crippen LogP) is 1.84. The zero-order valence-electron chi connectivity index (χ0n) is 18.7. The molecule has 170 valence electrons. The maximum atomic E-state index is 12.1. The molecule has 6 heteroatoms. The molecular weight excluding hydrogens is 400 g/mol. The van der Waals surface area contributed by atoms with Crippen molar-refractivity contribution in [3.8, 4) is 5.75 Å². The summed E-state index contributed by atoms with van der Waals surface area (Å²) in [5.74, 6) is 1.92. The molecular formula is C26H34N4O2. The van der Waals surface area contributed by atoms with Crippen LogP contribution in [0.1, 0.15) is 43.2 Å². The number of aliphatic hydroxyl groups is 1. The van der Waals surface area contributed by atoms with Crippen LogP contribution in [0.2, 0.25) is 0 Å². The summed E-state index contributed by atoms with van der Waals surface area (Å²) in [4.78, 5) is 7.78. The Balaban J connectivity index is 1.29. The lowest BCUT2D eigenvalue weighted by atomic mass is 9.41. The van der Waals surface area contributed by atoms with E-state index in [1.807, 2.05) is 6.20 Å². The fourth-order valence-electron chi connectivity index (χ4n) is 8.97. The first-order chi connectivity index (χ1) is 15.7. The van der Waals surface area contributed by atoms with Crippen molar-refractivity contribution in [1.82, 2.24) is 20.0 Å². The second kappa shape index (κ2) is 6.22. The van der Waals surface area contributed by atoms with Gasteiger partial charge < -0.3 is 20.1 Å². The lowest BCUT2D eigenvalue weighted by Gasteiger charge is -2.67. The molecule has 2 spiro atoms. The van der Waals surface area contributed by atoms with Crippen LogP contribution in [0.25, 0.3) is 0 Å². The molecule has 0 aromatic heterocycles. The van der Waals surface area contributed by atoms with Crippen molar-refractivity contribution in [2.45, 2.75) is 68.2 Å². The maximum Gasteiger partial charge on any atom is 0.127 e. The average Bonchev–Trinajstić information content (AvgIpc) is 3.40. The van der Waals surface area contributed by atoms with Gasteiger partial charge in [-0.15, -0.1) is 0 Å². The lowest BCUT2D eigenvalue weighted by molar-refractivity contribution is -0.186. The quantitative estimate of drug-likeness (QED) is 0.754. The predicted molar refractivity (Wildman–Crippen MR) is 121 cm³/mol. The van der Waals surface area contributed by atoms with Crippen molar-refractivity contribution in [3.63, 3.8) is 0 Å². The average molecular weight is 435 g/mol. The van der Waals surface area contributed by atoms with Gasteiger partial charge in [0.25, 0.3) is 0 Å². The van der Waals surface area contributed by atoms with Gasteiger partial charge in [0.1, 0.15) is 11.9 Å². The van der Waals surface area contributed by atoms with Crippen LogP contribution in [-0.2, 0) is 11.8 Å². The zero-order valence-corrected chi connectivity index (χ0v) is 18.7. The molecule has 6 atom stereocenters. The minimum absolute atomic E-state index is 0.0651. The first-order valence-electron chi connectivity index (χ1n) is 12.8. The van der Waals surface area contributed by atoms with Crippen LogP contribution in [0.3, 0.4) is 0 Å². The molecule has 6 nitrogen and oxygen atoms in total. The van der Waals surface area contributed by atoms with Gasteiger partial charge in [-0.05, 0) is 56.1 Å². The number of piperidine rings is 1. The number of ether oxygens (including phenoxy) is 1. The second-order valence-corrected chi connectivity index (χ2v) is 11.6. The molecule has 3 aliphatic carbocycles. The molecule has 5 fully saturated rings. The summed E-state index contributed by atoms with van der Waals surface area (Å²) in [5.41, 5.74) is 2.73. The van der Waals surface area contributed by atoms with E-state index in [2.05, 4.69) is 44.4 Å². The monoisotopic (exact) mass is 434 g/mol. The van der Waals surface area contributed by atoms with Crippen molar-refractivity contribution in [2.75, 3.05) is 33.0 Å². The third kappa shape index (κ3) is 2.13.